The molecule has 0 aliphatic carbocycles. The summed E-state index contributed by atoms with van der Waals surface area (Å²) in [5.74, 6) is 0.785. The third kappa shape index (κ3) is 1.80. The van der Waals surface area contributed by atoms with Gasteiger partial charge in [0.25, 0.3) is 0 Å². The van der Waals surface area contributed by atoms with E-state index in [2.05, 4.69) is 31.2 Å². The predicted octanol–water partition coefficient (Wildman–Crippen LogP) is 3.29. The second-order valence-corrected chi connectivity index (χ2v) is 5.50. The zero-order valence-electron chi connectivity index (χ0n) is 7.99. The second kappa shape index (κ2) is 4.34. The van der Waals surface area contributed by atoms with Crippen LogP contribution >= 0.6 is 23.1 Å². The Hall–Kier alpha value is -0.510. The van der Waals surface area contributed by atoms with E-state index in [1.165, 1.54) is 19.9 Å². The van der Waals surface area contributed by atoms with Crippen LogP contribution < -0.4 is 0 Å². The van der Waals surface area contributed by atoms with Crippen LogP contribution in [0.4, 0.5) is 0 Å². The Morgan fingerprint density at radius 1 is 1.36 bits per heavy atom. The fourth-order valence-corrected chi connectivity index (χ4v) is 3.73. The van der Waals surface area contributed by atoms with Crippen LogP contribution in [0.5, 0.6) is 0 Å². The lowest BCUT2D eigenvalue weighted by Crippen LogP contribution is -1.84. The van der Waals surface area contributed by atoms with E-state index < -0.39 is 0 Å². The highest BCUT2D eigenvalue weighted by atomic mass is 32.2. The van der Waals surface area contributed by atoms with E-state index in [9.17, 15) is 0 Å². The minimum atomic E-state index is 0.248. The first kappa shape index (κ1) is 10.0. The number of rotatable bonds is 3. The van der Waals surface area contributed by atoms with Crippen molar-refractivity contribution in [3.63, 3.8) is 0 Å². The van der Waals surface area contributed by atoms with Gasteiger partial charge in [-0.05, 0) is 23.9 Å². The molecule has 0 aliphatic rings. The summed E-state index contributed by atoms with van der Waals surface area (Å²) in [6, 6.07) is 8.45. The highest BCUT2D eigenvalue weighted by Gasteiger charge is 2.07. The SMILES string of the molecule is Cc1c(SCCO)sc2ccccc12. The van der Waals surface area contributed by atoms with Gasteiger partial charge in [0.05, 0.1) is 10.8 Å². The van der Waals surface area contributed by atoms with Gasteiger partial charge >= 0.3 is 0 Å². The number of aliphatic hydroxyl groups is 1. The van der Waals surface area contributed by atoms with Crippen molar-refractivity contribution in [3.8, 4) is 0 Å². The molecule has 3 heteroatoms. The van der Waals surface area contributed by atoms with Crippen LogP contribution in [0.25, 0.3) is 10.1 Å². The lowest BCUT2D eigenvalue weighted by molar-refractivity contribution is 0.322. The number of aryl methyl sites for hydroxylation is 1. The van der Waals surface area contributed by atoms with Gasteiger partial charge in [0, 0.05) is 10.5 Å². The smallest absolute Gasteiger partial charge is 0.0641 e. The zero-order valence-corrected chi connectivity index (χ0v) is 9.62. The van der Waals surface area contributed by atoms with Crippen LogP contribution in [0.3, 0.4) is 0 Å². The molecule has 1 aromatic heterocycles. The van der Waals surface area contributed by atoms with Gasteiger partial charge in [0.1, 0.15) is 0 Å². The first-order valence-electron chi connectivity index (χ1n) is 4.54. The molecule has 0 bridgehead atoms. The Morgan fingerprint density at radius 2 is 2.14 bits per heavy atom. The standard InChI is InChI=1S/C11H12OS2/c1-8-9-4-2-3-5-10(9)14-11(8)13-7-6-12/h2-5,12H,6-7H2,1H3. The van der Waals surface area contributed by atoms with E-state index in [0.29, 0.717) is 0 Å². The van der Waals surface area contributed by atoms with Gasteiger partial charge in [-0.1, -0.05) is 18.2 Å². The van der Waals surface area contributed by atoms with Crippen LogP contribution in [0, 0.1) is 6.92 Å². The molecule has 0 saturated heterocycles. The Bertz CT molecular complexity index is 434. The first-order chi connectivity index (χ1) is 6.83. The maximum atomic E-state index is 8.78. The Kier molecular flexibility index (Phi) is 3.11. The van der Waals surface area contributed by atoms with Gasteiger partial charge in [0.2, 0.25) is 0 Å². The van der Waals surface area contributed by atoms with Gasteiger partial charge in [-0.2, -0.15) is 0 Å². The molecule has 0 aliphatic heterocycles. The van der Waals surface area contributed by atoms with Gasteiger partial charge in [-0.3, -0.25) is 0 Å². The first-order valence-corrected chi connectivity index (χ1v) is 6.35. The highest BCUT2D eigenvalue weighted by Crippen LogP contribution is 2.37. The maximum Gasteiger partial charge on any atom is 0.0641 e. The van der Waals surface area contributed by atoms with Crippen LogP contribution in [-0.4, -0.2) is 17.5 Å². The molecule has 1 N–H and O–H groups in total. The lowest BCUT2D eigenvalue weighted by Gasteiger charge is -1.95. The molecule has 0 spiro atoms. The molecule has 74 valence electrons. The molecule has 1 aromatic carbocycles. The molecular formula is C11H12OS2. The van der Waals surface area contributed by atoms with E-state index in [0.717, 1.165) is 5.75 Å². The molecule has 1 heterocycles. The van der Waals surface area contributed by atoms with Gasteiger partial charge < -0.3 is 5.11 Å². The third-order valence-corrected chi connectivity index (χ3v) is 4.75. The van der Waals surface area contributed by atoms with Crippen molar-refractivity contribution in [3.05, 3.63) is 29.8 Å². The van der Waals surface area contributed by atoms with Crippen LogP contribution in [-0.2, 0) is 0 Å². The van der Waals surface area contributed by atoms with Crippen molar-refractivity contribution in [2.75, 3.05) is 12.4 Å². The number of thioether (sulfide) groups is 1. The fraction of sp³-hybridized carbons (Fsp3) is 0.273. The zero-order chi connectivity index (χ0) is 9.97. The van der Waals surface area contributed by atoms with Crippen molar-refractivity contribution in [2.24, 2.45) is 0 Å². The minimum Gasteiger partial charge on any atom is -0.396 e. The molecule has 0 saturated carbocycles. The molecule has 0 atom stereocenters. The van der Waals surface area contributed by atoms with E-state index in [-0.39, 0.29) is 6.61 Å². The minimum absolute atomic E-state index is 0.248. The van der Waals surface area contributed by atoms with Gasteiger partial charge in [-0.15, -0.1) is 23.1 Å². The molecule has 0 unspecified atom stereocenters. The lowest BCUT2D eigenvalue weighted by atomic mass is 10.2. The average Bonchev–Trinajstić information content (AvgIpc) is 2.54. The highest BCUT2D eigenvalue weighted by molar-refractivity contribution is 8.01. The number of hydrogen-bond donors (Lipinski definition) is 1. The van der Waals surface area contributed by atoms with Crippen molar-refractivity contribution >= 4 is 33.2 Å². The van der Waals surface area contributed by atoms with Crippen LogP contribution in [0.1, 0.15) is 5.56 Å². The predicted molar refractivity (Wildman–Crippen MR) is 64.4 cm³/mol. The Morgan fingerprint density at radius 3 is 2.86 bits per heavy atom. The summed E-state index contributed by atoms with van der Waals surface area (Å²) in [5.41, 5.74) is 1.35. The number of benzene rings is 1. The molecule has 2 rings (SSSR count). The van der Waals surface area contributed by atoms with Crippen molar-refractivity contribution < 1.29 is 5.11 Å². The van der Waals surface area contributed by atoms with Crippen molar-refractivity contribution in [1.82, 2.24) is 0 Å². The van der Waals surface area contributed by atoms with Gasteiger partial charge in [-0.25, -0.2) is 0 Å². The monoisotopic (exact) mass is 224 g/mol. The van der Waals surface area contributed by atoms with Crippen molar-refractivity contribution in [2.45, 2.75) is 11.1 Å². The van der Waals surface area contributed by atoms with E-state index >= 15 is 0 Å². The summed E-state index contributed by atoms with van der Waals surface area (Å²) in [4.78, 5) is 0. The Balaban J connectivity index is 2.41. The fourth-order valence-electron chi connectivity index (χ4n) is 1.43. The molecule has 14 heavy (non-hydrogen) atoms. The second-order valence-electron chi connectivity index (χ2n) is 3.08. The third-order valence-electron chi connectivity index (χ3n) is 2.12. The molecule has 1 nitrogen and oxygen atoms in total. The summed E-state index contributed by atoms with van der Waals surface area (Å²) < 4.78 is 2.67. The van der Waals surface area contributed by atoms with Gasteiger partial charge in [0.15, 0.2) is 0 Å². The maximum absolute atomic E-state index is 8.78. The summed E-state index contributed by atoms with van der Waals surface area (Å²) in [7, 11) is 0. The van der Waals surface area contributed by atoms with E-state index in [1.54, 1.807) is 11.8 Å². The molecular weight excluding hydrogens is 212 g/mol. The molecule has 0 radical (unpaired) electrons. The quantitative estimate of drug-likeness (QED) is 0.807. The number of aliphatic hydroxyl groups excluding tert-OH is 1. The number of thiophene rings is 1. The molecule has 2 aromatic rings. The van der Waals surface area contributed by atoms with E-state index in [1.807, 2.05) is 11.3 Å². The summed E-state index contributed by atoms with van der Waals surface area (Å²) in [6.45, 7) is 2.40. The Labute approximate surface area is 91.8 Å². The summed E-state index contributed by atoms with van der Waals surface area (Å²) in [5, 5.41) is 10.1. The average molecular weight is 224 g/mol. The van der Waals surface area contributed by atoms with Crippen LogP contribution in [0.2, 0.25) is 0 Å². The molecule has 0 fully saturated rings. The summed E-state index contributed by atoms with van der Waals surface area (Å²) >= 11 is 3.56. The number of fused-ring (bicyclic) bond motifs is 1. The normalized spacial score (nSPS) is 11.0. The number of hydrogen-bond acceptors (Lipinski definition) is 3. The molecule has 0 amide bonds. The van der Waals surface area contributed by atoms with Crippen molar-refractivity contribution in [1.29, 1.82) is 0 Å². The van der Waals surface area contributed by atoms with Crippen LogP contribution in [0.15, 0.2) is 28.5 Å². The largest absolute Gasteiger partial charge is 0.396 e. The van der Waals surface area contributed by atoms with E-state index in [4.69, 9.17) is 5.11 Å². The summed E-state index contributed by atoms with van der Waals surface area (Å²) in [6.07, 6.45) is 0. The topological polar surface area (TPSA) is 20.2 Å².